The molecule has 4 nitrogen and oxygen atoms in total. The number of thiophene rings is 1. The van der Waals surface area contributed by atoms with E-state index < -0.39 is 0 Å². The highest BCUT2D eigenvalue weighted by Crippen LogP contribution is 2.44. The van der Waals surface area contributed by atoms with Gasteiger partial charge in [0, 0.05) is 26.7 Å². The number of rotatable bonds is 2. The molecule has 3 rings (SSSR count). The van der Waals surface area contributed by atoms with Gasteiger partial charge in [0.05, 0.1) is 11.8 Å². The third-order valence-corrected chi connectivity index (χ3v) is 5.60. The van der Waals surface area contributed by atoms with Gasteiger partial charge >= 0.3 is 0 Å². The lowest BCUT2D eigenvalue weighted by Crippen LogP contribution is -2.39. The second kappa shape index (κ2) is 4.88. The largest absolute Gasteiger partial charge is 0.345 e. The Bertz CT molecular complexity index is 528. The predicted molar refractivity (Wildman–Crippen MR) is 78.5 cm³/mol. The molecule has 2 aliphatic heterocycles. The standard InChI is InChI=1S/C15H20N2O2S/c1-11-8-17(13(18)7-12-3-6-20-9-12)10-15(11)4-5-16(2)14(15)19/h3,6,9,11H,4-5,7-8,10H2,1-2H3/t11-,15-/m0/s1. The minimum Gasteiger partial charge on any atom is -0.345 e. The third kappa shape index (κ3) is 2.04. The topological polar surface area (TPSA) is 40.6 Å². The number of hydrogen-bond acceptors (Lipinski definition) is 3. The van der Waals surface area contributed by atoms with Crippen molar-refractivity contribution in [3.63, 3.8) is 0 Å². The Hall–Kier alpha value is -1.36. The molecule has 0 aromatic carbocycles. The predicted octanol–water partition coefficient (Wildman–Crippen LogP) is 1.62. The summed E-state index contributed by atoms with van der Waals surface area (Å²) in [6.07, 6.45) is 1.34. The van der Waals surface area contributed by atoms with Crippen molar-refractivity contribution >= 4 is 23.2 Å². The fraction of sp³-hybridized carbons (Fsp3) is 0.600. The van der Waals surface area contributed by atoms with E-state index in [2.05, 4.69) is 6.92 Å². The Kier molecular flexibility index (Phi) is 3.32. The Labute approximate surface area is 123 Å². The van der Waals surface area contributed by atoms with Crippen molar-refractivity contribution in [3.05, 3.63) is 22.4 Å². The van der Waals surface area contributed by atoms with Gasteiger partial charge in [-0.25, -0.2) is 0 Å². The van der Waals surface area contributed by atoms with Crippen molar-refractivity contribution in [2.75, 3.05) is 26.7 Å². The summed E-state index contributed by atoms with van der Waals surface area (Å²) < 4.78 is 0. The maximum atomic E-state index is 12.4. The molecule has 0 unspecified atom stereocenters. The minimum absolute atomic E-state index is 0.148. The lowest BCUT2D eigenvalue weighted by molar-refractivity contribution is -0.136. The van der Waals surface area contributed by atoms with E-state index in [1.807, 2.05) is 33.7 Å². The first kappa shape index (κ1) is 13.6. The summed E-state index contributed by atoms with van der Waals surface area (Å²) in [7, 11) is 1.86. The normalized spacial score (nSPS) is 29.7. The average molecular weight is 292 g/mol. The summed E-state index contributed by atoms with van der Waals surface area (Å²) in [5.74, 6) is 0.622. The molecule has 3 heterocycles. The number of carbonyl (C=O) groups is 2. The van der Waals surface area contributed by atoms with E-state index in [1.54, 1.807) is 11.3 Å². The van der Waals surface area contributed by atoms with Crippen LogP contribution in [0.4, 0.5) is 0 Å². The quantitative estimate of drug-likeness (QED) is 0.831. The van der Waals surface area contributed by atoms with Gasteiger partial charge in [0.2, 0.25) is 11.8 Å². The van der Waals surface area contributed by atoms with Crippen LogP contribution in [0, 0.1) is 11.3 Å². The SMILES string of the molecule is C[C@H]1CN(C(=O)Cc2ccsc2)C[C@@]12CCN(C)C2=O. The van der Waals surface area contributed by atoms with Gasteiger partial charge in [-0.3, -0.25) is 9.59 Å². The molecule has 1 aromatic heterocycles. The molecule has 5 heteroatoms. The number of hydrogen-bond donors (Lipinski definition) is 0. The smallest absolute Gasteiger partial charge is 0.230 e. The van der Waals surface area contributed by atoms with Crippen LogP contribution in [0.3, 0.4) is 0 Å². The highest BCUT2D eigenvalue weighted by Gasteiger charge is 2.54. The Morgan fingerprint density at radius 1 is 1.55 bits per heavy atom. The monoisotopic (exact) mass is 292 g/mol. The van der Waals surface area contributed by atoms with Gasteiger partial charge in [0.15, 0.2) is 0 Å². The van der Waals surface area contributed by atoms with E-state index in [0.29, 0.717) is 19.5 Å². The molecular formula is C15H20N2O2S. The van der Waals surface area contributed by atoms with Crippen LogP contribution in [-0.2, 0) is 16.0 Å². The lowest BCUT2D eigenvalue weighted by Gasteiger charge is -2.25. The molecule has 0 radical (unpaired) electrons. The molecule has 1 spiro atoms. The molecule has 0 aliphatic carbocycles. The Balaban J connectivity index is 1.72. The van der Waals surface area contributed by atoms with Gasteiger partial charge in [-0.1, -0.05) is 6.92 Å². The van der Waals surface area contributed by atoms with Crippen molar-refractivity contribution in [1.82, 2.24) is 9.80 Å². The fourth-order valence-electron chi connectivity index (χ4n) is 3.50. The average Bonchev–Trinajstić information content (AvgIpc) is 3.09. The van der Waals surface area contributed by atoms with Crippen LogP contribution in [0.15, 0.2) is 16.8 Å². The highest BCUT2D eigenvalue weighted by atomic mass is 32.1. The third-order valence-electron chi connectivity index (χ3n) is 4.86. The van der Waals surface area contributed by atoms with Crippen LogP contribution in [0.1, 0.15) is 18.9 Å². The van der Waals surface area contributed by atoms with Crippen LogP contribution in [0.5, 0.6) is 0 Å². The molecule has 2 saturated heterocycles. The van der Waals surface area contributed by atoms with E-state index in [4.69, 9.17) is 0 Å². The zero-order valence-corrected chi connectivity index (χ0v) is 12.8. The number of amides is 2. The van der Waals surface area contributed by atoms with Gasteiger partial charge in [-0.05, 0) is 34.7 Å². The summed E-state index contributed by atoms with van der Waals surface area (Å²) in [6, 6.07) is 1.99. The molecule has 2 amide bonds. The maximum Gasteiger partial charge on any atom is 0.230 e. The summed E-state index contributed by atoms with van der Waals surface area (Å²) in [4.78, 5) is 28.5. The van der Waals surface area contributed by atoms with E-state index in [9.17, 15) is 9.59 Å². The number of carbonyl (C=O) groups excluding carboxylic acids is 2. The summed E-state index contributed by atoms with van der Waals surface area (Å²) >= 11 is 1.61. The van der Waals surface area contributed by atoms with E-state index in [0.717, 1.165) is 18.5 Å². The molecule has 0 bridgehead atoms. The first-order valence-electron chi connectivity index (χ1n) is 7.07. The summed E-state index contributed by atoms with van der Waals surface area (Å²) in [5, 5.41) is 4.01. The van der Waals surface area contributed by atoms with Crippen LogP contribution in [0.2, 0.25) is 0 Å². The Morgan fingerprint density at radius 3 is 2.95 bits per heavy atom. The summed E-state index contributed by atoms with van der Waals surface area (Å²) in [5.41, 5.74) is 0.752. The number of nitrogens with zero attached hydrogens (tertiary/aromatic N) is 2. The van der Waals surface area contributed by atoms with Crippen molar-refractivity contribution < 1.29 is 9.59 Å². The van der Waals surface area contributed by atoms with Crippen LogP contribution >= 0.6 is 11.3 Å². The van der Waals surface area contributed by atoms with Crippen LogP contribution < -0.4 is 0 Å². The van der Waals surface area contributed by atoms with Gasteiger partial charge in [0.25, 0.3) is 0 Å². The molecule has 1 aromatic rings. The fourth-order valence-corrected chi connectivity index (χ4v) is 4.16. The lowest BCUT2D eigenvalue weighted by atomic mass is 9.78. The molecule has 2 atom stereocenters. The first-order chi connectivity index (χ1) is 9.53. The van der Waals surface area contributed by atoms with Crippen molar-refractivity contribution in [2.24, 2.45) is 11.3 Å². The van der Waals surface area contributed by atoms with Crippen molar-refractivity contribution in [3.8, 4) is 0 Å². The number of likely N-dealkylation sites (tertiary alicyclic amines) is 2. The molecular weight excluding hydrogens is 272 g/mol. The molecule has 2 fully saturated rings. The molecule has 2 aliphatic rings. The van der Waals surface area contributed by atoms with E-state index in [1.165, 1.54) is 0 Å². The Morgan fingerprint density at radius 2 is 2.35 bits per heavy atom. The second-order valence-electron chi connectivity index (χ2n) is 6.12. The zero-order chi connectivity index (χ0) is 14.3. The molecule has 0 saturated carbocycles. The maximum absolute atomic E-state index is 12.4. The van der Waals surface area contributed by atoms with Gasteiger partial charge < -0.3 is 9.80 Å². The van der Waals surface area contributed by atoms with Crippen molar-refractivity contribution in [1.29, 1.82) is 0 Å². The van der Waals surface area contributed by atoms with Crippen LogP contribution in [-0.4, -0.2) is 48.3 Å². The first-order valence-corrected chi connectivity index (χ1v) is 8.01. The van der Waals surface area contributed by atoms with Gasteiger partial charge in [-0.15, -0.1) is 0 Å². The van der Waals surface area contributed by atoms with Gasteiger partial charge in [-0.2, -0.15) is 11.3 Å². The van der Waals surface area contributed by atoms with Gasteiger partial charge in [0.1, 0.15) is 0 Å². The minimum atomic E-state index is -0.320. The molecule has 20 heavy (non-hydrogen) atoms. The highest BCUT2D eigenvalue weighted by molar-refractivity contribution is 7.07. The van der Waals surface area contributed by atoms with E-state index >= 15 is 0 Å². The van der Waals surface area contributed by atoms with Crippen LogP contribution in [0.25, 0.3) is 0 Å². The molecule has 108 valence electrons. The van der Waals surface area contributed by atoms with Crippen molar-refractivity contribution in [2.45, 2.75) is 19.8 Å². The van der Waals surface area contributed by atoms with E-state index in [-0.39, 0.29) is 23.1 Å². The summed E-state index contributed by atoms with van der Waals surface area (Å²) in [6.45, 7) is 4.23. The molecule has 0 N–H and O–H groups in total. The zero-order valence-electron chi connectivity index (χ0n) is 12.0. The second-order valence-corrected chi connectivity index (χ2v) is 6.90.